The molecule has 4 atom stereocenters. The first-order valence-electron chi connectivity index (χ1n) is 8.75. The van der Waals surface area contributed by atoms with Gasteiger partial charge >= 0.3 is 0 Å². The third-order valence-corrected chi connectivity index (χ3v) is 6.17. The average Bonchev–Trinajstić information content (AvgIpc) is 3.30. The summed E-state index contributed by atoms with van der Waals surface area (Å²) in [5.74, 6) is 0.513. The Hall–Kier alpha value is -2.36. The summed E-state index contributed by atoms with van der Waals surface area (Å²) in [7, 11) is 0. The van der Waals surface area contributed by atoms with Crippen molar-refractivity contribution in [1.82, 2.24) is 9.88 Å². The van der Waals surface area contributed by atoms with Crippen LogP contribution in [0, 0.1) is 30.6 Å². The molecule has 3 aliphatic rings. The van der Waals surface area contributed by atoms with E-state index >= 15 is 0 Å². The van der Waals surface area contributed by atoms with Gasteiger partial charge in [0.25, 0.3) is 0 Å². The number of carbonyl (C=O) groups excluding carboxylic acids is 2. The van der Waals surface area contributed by atoms with Crippen LogP contribution in [0.1, 0.15) is 17.7 Å². The number of aryl methyl sites for hydroxylation is 1. The van der Waals surface area contributed by atoms with Crippen molar-refractivity contribution in [2.75, 3.05) is 6.54 Å². The molecule has 4 heteroatoms. The number of benzene rings is 1. The predicted molar refractivity (Wildman–Crippen MR) is 91.2 cm³/mol. The molecule has 2 fully saturated rings. The number of allylic oxidation sites excluding steroid dienone is 2. The number of imide groups is 1. The highest BCUT2D eigenvalue weighted by molar-refractivity contribution is 6.06. The van der Waals surface area contributed by atoms with Crippen molar-refractivity contribution < 1.29 is 9.59 Å². The van der Waals surface area contributed by atoms with E-state index in [-0.39, 0.29) is 35.5 Å². The van der Waals surface area contributed by atoms with Crippen LogP contribution in [0.15, 0.2) is 36.4 Å². The molecule has 0 unspecified atom stereocenters. The molecule has 2 amide bonds. The van der Waals surface area contributed by atoms with Gasteiger partial charge in [0.1, 0.15) is 0 Å². The van der Waals surface area contributed by atoms with E-state index in [1.54, 1.807) is 0 Å². The summed E-state index contributed by atoms with van der Waals surface area (Å²) in [5, 5.41) is 1.19. The Labute approximate surface area is 140 Å². The minimum atomic E-state index is -0.0865. The fourth-order valence-corrected chi connectivity index (χ4v) is 5.06. The SMILES string of the molecule is Cc1[nH]c2ccccc2c1CCN1C(=O)[C@@H]2[C@@H](C1=O)[C@H]1C=C[C@H]2C1. The van der Waals surface area contributed by atoms with Crippen molar-refractivity contribution in [3.8, 4) is 0 Å². The molecule has 0 spiro atoms. The van der Waals surface area contributed by atoms with E-state index in [1.165, 1.54) is 15.8 Å². The van der Waals surface area contributed by atoms with Gasteiger partial charge in [-0.3, -0.25) is 14.5 Å². The molecule has 1 N–H and O–H groups in total. The second-order valence-electron chi connectivity index (χ2n) is 7.35. The third kappa shape index (κ3) is 1.74. The Morgan fingerprint density at radius 2 is 1.75 bits per heavy atom. The number of H-pyrrole nitrogens is 1. The zero-order valence-electron chi connectivity index (χ0n) is 13.7. The van der Waals surface area contributed by atoms with Crippen molar-refractivity contribution in [2.45, 2.75) is 19.8 Å². The van der Waals surface area contributed by atoms with Gasteiger partial charge in [0, 0.05) is 23.1 Å². The third-order valence-electron chi connectivity index (χ3n) is 6.17. The predicted octanol–water partition coefficient (Wildman–Crippen LogP) is 2.83. The highest BCUT2D eigenvalue weighted by Crippen LogP contribution is 2.52. The number of para-hydroxylation sites is 1. The molecule has 1 aliphatic heterocycles. The number of aromatic nitrogens is 1. The standard InChI is InChI=1S/C20H20N2O2/c1-11-14(15-4-2-3-5-16(15)21-11)8-9-22-19(23)17-12-6-7-13(10-12)18(17)20(22)24/h2-7,12-13,17-18,21H,8-10H2,1H3/t12-,13-,17-,18-/m0/s1. The molecular formula is C20H20N2O2. The van der Waals surface area contributed by atoms with Gasteiger partial charge < -0.3 is 4.98 Å². The molecule has 2 heterocycles. The maximum Gasteiger partial charge on any atom is 0.233 e. The van der Waals surface area contributed by atoms with Gasteiger partial charge in [-0.05, 0) is 43.2 Å². The van der Waals surface area contributed by atoms with Gasteiger partial charge in [0.2, 0.25) is 11.8 Å². The summed E-state index contributed by atoms with van der Waals surface area (Å²) < 4.78 is 0. The lowest BCUT2D eigenvalue weighted by molar-refractivity contribution is -0.140. The maximum atomic E-state index is 12.8. The quantitative estimate of drug-likeness (QED) is 0.698. The van der Waals surface area contributed by atoms with Crippen LogP contribution < -0.4 is 0 Å². The van der Waals surface area contributed by atoms with Crippen molar-refractivity contribution in [3.63, 3.8) is 0 Å². The van der Waals surface area contributed by atoms with Crippen molar-refractivity contribution in [2.24, 2.45) is 23.7 Å². The number of carbonyl (C=O) groups is 2. The van der Waals surface area contributed by atoms with Crippen LogP contribution in [0.5, 0.6) is 0 Å². The van der Waals surface area contributed by atoms with Gasteiger partial charge in [-0.15, -0.1) is 0 Å². The molecule has 1 aromatic heterocycles. The Kier molecular flexibility index (Phi) is 2.82. The zero-order valence-corrected chi connectivity index (χ0v) is 13.7. The average molecular weight is 320 g/mol. The summed E-state index contributed by atoms with van der Waals surface area (Å²) in [4.78, 5) is 30.4. The van der Waals surface area contributed by atoms with Crippen LogP contribution in [0.2, 0.25) is 0 Å². The lowest BCUT2D eigenvalue weighted by Crippen LogP contribution is -2.34. The molecule has 1 saturated carbocycles. The van der Waals surface area contributed by atoms with E-state index in [9.17, 15) is 9.59 Å². The lowest BCUT2D eigenvalue weighted by atomic mass is 9.85. The molecule has 2 bridgehead atoms. The van der Waals surface area contributed by atoms with Crippen LogP contribution in [-0.4, -0.2) is 28.2 Å². The van der Waals surface area contributed by atoms with Gasteiger partial charge in [0.15, 0.2) is 0 Å². The highest BCUT2D eigenvalue weighted by atomic mass is 16.2. The second-order valence-corrected chi connectivity index (χ2v) is 7.35. The summed E-state index contributed by atoms with van der Waals surface area (Å²) >= 11 is 0. The molecule has 1 saturated heterocycles. The van der Waals surface area contributed by atoms with Gasteiger partial charge in [-0.25, -0.2) is 0 Å². The van der Waals surface area contributed by atoms with Crippen LogP contribution in [0.25, 0.3) is 10.9 Å². The summed E-state index contributed by atoms with van der Waals surface area (Å²) in [5.41, 5.74) is 3.45. The normalized spacial score (nSPS) is 30.8. The second kappa shape index (κ2) is 4.82. The van der Waals surface area contributed by atoms with E-state index in [4.69, 9.17) is 0 Å². The summed E-state index contributed by atoms with van der Waals surface area (Å²) in [6.07, 6.45) is 5.99. The molecule has 4 nitrogen and oxygen atoms in total. The number of hydrogen-bond donors (Lipinski definition) is 1. The number of nitrogens with one attached hydrogen (secondary N) is 1. The first kappa shape index (κ1) is 14.0. The molecule has 1 aromatic carbocycles. The van der Waals surface area contributed by atoms with Crippen molar-refractivity contribution in [3.05, 3.63) is 47.7 Å². The summed E-state index contributed by atoms with van der Waals surface area (Å²) in [6.45, 7) is 2.55. The van der Waals surface area contributed by atoms with Crippen LogP contribution in [0.4, 0.5) is 0 Å². The van der Waals surface area contributed by atoms with Crippen LogP contribution in [-0.2, 0) is 16.0 Å². The smallest absolute Gasteiger partial charge is 0.233 e. The monoisotopic (exact) mass is 320 g/mol. The number of rotatable bonds is 3. The van der Waals surface area contributed by atoms with E-state index < -0.39 is 0 Å². The molecule has 24 heavy (non-hydrogen) atoms. The fourth-order valence-electron chi connectivity index (χ4n) is 5.06. The van der Waals surface area contributed by atoms with Crippen LogP contribution >= 0.6 is 0 Å². The molecular weight excluding hydrogens is 300 g/mol. The van der Waals surface area contributed by atoms with Crippen LogP contribution in [0.3, 0.4) is 0 Å². The number of fused-ring (bicyclic) bond motifs is 6. The number of hydrogen-bond acceptors (Lipinski definition) is 2. The molecule has 2 aromatic rings. The molecule has 2 aliphatic carbocycles. The van der Waals surface area contributed by atoms with E-state index in [2.05, 4.69) is 36.2 Å². The van der Waals surface area contributed by atoms with Gasteiger partial charge in [-0.1, -0.05) is 30.4 Å². The van der Waals surface area contributed by atoms with Crippen molar-refractivity contribution in [1.29, 1.82) is 0 Å². The minimum absolute atomic E-state index is 0.0549. The Bertz CT molecular complexity index is 864. The maximum absolute atomic E-state index is 12.8. The topological polar surface area (TPSA) is 53.2 Å². The Balaban J connectivity index is 1.40. The Morgan fingerprint density at radius 1 is 1.08 bits per heavy atom. The molecule has 0 radical (unpaired) electrons. The number of nitrogens with zero attached hydrogens (tertiary/aromatic N) is 1. The van der Waals surface area contributed by atoms with E-state index in [1.807, 2.05) is 12.1 Å². The van der Waals surface area contributed by atoms with Gasteiger partial charge in [-0.2, -0.15) is 0 Å². The fraction of sp³-hybridized carbons (Fsp3) is 0.400. The number of likely N-dealkylation sites (tertiary alicyclic amines) is 1. The zero-order chi connectivity index (χ0) is 16.4. The molecule has 122 valence electrons. The summed E-state index contributed by atoms with van der Waals surface area (Å²) in [6, 6.07) is 8.20. The minimum Gasteiger partial charge on any atom is -0.358 e. The first-order valence-corrected chi connectivity index (χ1v) is 8.75. The molecule has 5 rings (SSSR count). The van der Waals surface area contributed by atoms with Gasteiger partial charge in [0.05, 0.1) is 11.8 Å². The number of aromatic amines is 1. The lowest BCUT2D eigenvalue weighted by Gasteiger charge is -2.17. The number of amides is 2. The highest BCUT2D eigenvalue weighted by Gasteiger charge is 2.58. The largest absolute Gasteiger partial charge is 0.358 e. The van der Waals surface area contributed by atoms with E-state index in [0.29, 0.717) is 6.54 Å². The Morgan fingerprint density at radius 3 is 2.46 bits per heavy atom. The van der Waals surface area contributed by atoms with Crippen molar-refractivity contribution >= 4 is 22.7 Å². The van der Waals surface area contributed by atoms with E-state index in [0.717, 1.165) is 24.1 Å². The first-order chi connectivity index (χ1) is 11.6.